The van der Waals surface area contributed by atoms with Gasteiger partial charge >= 0.3 is 11.9 Å². The zero-order valence-electron chi connectivity index (χ0n) is 19.4. The highest BCUT2D eigenvalue weighted by Crippen LogP contribution is 2.16. The summed E-state index contributed by atoms with van der Waals surface area (Å²) in [5.74, 6) is -0.936. The number of carbonyl (C=O) groups is 2. The van der Waals surface area contributed by atoms with Crippen LogP contribution in [0.3, 0.4) is 0 Å². The number of hydrogen-bond donors (Lipinski definition) is 0. The molecule has 0 amide bonds. The molecule has 0 radical (unpaired) electrons. The molecule has 4 nitrogen and oxygen atoms in total. The van der Waals surface area contributed by atoms with Crippen LogP contribution in [0.4, 0.5) is 0 Å². The fraction of sp³-hybridized carbons (Fsp3) is 0.917. The van der Waals surface area contributed by atoms with Gasteiger partial charge in [0.2, 0.25) is 0 Å². The normalized spacial score (nSPS) is 11.3. The summed E-state index contributed by atoms with van der Waals surface area (Å²) < 4.78 is 0. The van der Waals surface area contributed by atoms with Crippen LogP contribution in [0.5, 0.6) is 0 Å². The van der Waals surface area contributed by atoms with Crippen molar-refractivity contribution >= 4 is 58.3 Å². The van der Waals surface area contributed by atoms with Crippen LogP contribution in [-0.2, 0) is 19.4 Å². The Bertz CT molecular complexity index is 408. The fourth-order valence-electron chi connectivity index (χ4n) is 3.43. The van der Waals surface area contributed by atoms with Gasteiger partial charge in [0.25, 0.3) is 0 Å². The van der Waals surface area contributed by atoms with Crippen molar-refractivity contribution in [2.24, 2.45) is 0 Å². The van der Waals surface area contributed by atoms with Crippen LogP contribution in [0, 0.1) is 0 Å². The van der Waals surface area contributed by atoms with Gasteiger partial charge in [-0.1, -0.05) is 89.9 Å². The van der Waals surface area contributed by atoms with Crippen molar-refractivity contribution in [3.63, 3.8) is 0 Å². The highest BCUT2D eigenvalue weighted by molar-refractivity contribution is 6.44. The van der Waals surface area contributed by atoms with Crippen LogP contribution in [0.1, 0.15) is 128 Å². The average Bonchev–Trinajstić information content (AvgIpc) is 2.74. The number of alkyl halides is 4. The molecule has 0 N–H and O–H groups in total. The van der Waals surface area contributed by atoms with Crippen molar-refractivity contribution in [3.05, 3.63) is 0 Å². The molecule has 0 unspecified atom stereocenters. The molecule has 0 aromatic carbocycles. The van der Waals surface area contributed by atoms with Gasteiger partial charge in [0.1, 0.15) is 9.67 Å². The fourth-order valence-corrected chi connectivity index (χ4v) is 4.05. The predicted octanol–water partition coefficient (Wildman–Crippen LogP) is 9.40. The second-order valence-electron chi connectivity index (χ2n) is 8.43. The van der Waals surface area contributed by atoms with E-state index in [-0.39, 0.29) is 22.5 Å². The van der Waals surface area contributed by atoms with Gasteiger partial charge in [-0.25, -0.2) is 19.4 Å². The SMILES string of the molecule is O=C(CCCCCCCCCCC(Cl)Cl)OOC(=O)CCCCCCCCCCC(Cl)Cl. The first-order valence-corrected chi connectivity index (χ1v) is 14.1. The van der Waals surface area contributed by atoms with Crippen molar-refractivity contribution in [1.82, 2.24) is 0 Å². The van der Waals surface area contributed by atoms with Gasteiger partial charge in [-0.3, -0.25) is 0 Å². The molecular weight excluding hydrogens is 494 g/mol. The summed E-state index contributed by atoms with van der Waals surface area (Å²) in [6.07, 6.45) is 19.6. The largest absolute Gasteiger partial charge is 0.355 e. The minimum atomic E-state index is -0.468. The molecule has 190 valence electrons. The van der Waals surface area contributed by atoms with Gasteiger partial charge in [0, 0.05) is 0 Å². The van der Waals surface area contributed by atoms with Gasteiger partial charge in [0.15, 0.2) is 0 Å². The first kappa shape index (κ1) is 32.1. The molecule has 0 spiro atoms. The van der Waals surface area contributed by atoms with Crippen LogP contribution >= 0.6 is 46.4 Å². The van der Waals surface area contributed by atoms with Crippen molar-refractivity contribution < 1.29 is 19.4 Å². The molecule has 0 aliphatic rings. The quantitative estimate of drug-likeness (QED) is 0.0599. The molecule has 0 aliphatic heterocycles. The minimum Gasteiger partial charge on any atom is -0.247 e. The molecule has 0 aromatic rings. The number of halogens is 4. The average molecular weight is 536 g/mol. The van der Waals surface area contributed by atoms with Crippen molar-refractivity contribution in [3.8, 4) is 0 Å². The van der Waals surface area contributed by atoms with E-state index in [1.165, 1.54) is 38.5 Å². The molecule has 0 aliphatic carbocycles. The monoisotopic (exact) mass is 534 g/mol. The van der Waals surface area contributed by atoms with Gasteiger partial charge < -0.3 is 0 Å². The lowest BCUT2D eigenvalue weighted by Crippen LogP contribution is -2.11. The molecule has 0 atom stereocenters. The molecule has 32 heavy (non-hydrogen) atoms. The maximum absolute atomic E-state index is 11.6. The lowest BCUT2D eigenvalue weighted by atomic mass is 10.1. The second-order valence-corrected chi connectivity index (χ2v) is 11.0. The molecule has 8 heteroatoms. The summed E-state index contributed by atoms with van der Waals surface area (Å²) >= 11 is 22.8. The van der Waals surface area contributed by atoms with E-state index in [0.717, 1.165) is 77.0 Å². The highest BCUT2D eigenvalue weighted by atomic mass is 35.5. The predicted molar refractivity (Wildman–Crippen MR) is 136 cm³/mol. The Kier molecular flexibility index (Phi) is 24.3. The number of carbonyl (C=O) groups excluding carboxylic acids is 2. The van der Waals surface area contributed by atoms with E-state index in [4.69, 9.17) is 46.4 Å². The standard InChI is InChI=1S/C24H42Cl4O4/c25-21(26)17-13-9-5-1-3-7-11-15-19-23(29)31-32-24(30)20-16-12-8-4-2-6-10-14-18-22(27)28/h21-22H,1-20H2. The van der Waals surface area contributed by atoms with Crippen LogP contribution in [0.25, 0.3) is 0 Å². The Labute approximate surface area is 215 Å². The van der Waals surface area contributed by atoms with Gasteiger partial charge in [-0.15, -0.1) is 46.4 Å². The lowest BCUT2D eigenvalue weighted by molar-refractivity contribution is -0.259. The van der Waals surface area contributed by atoms with E-state index in [2.05, 4.69) is 9.78 Å². The first-order valence-electron chi connectivity index (χ1n) is 12.4. The minimum absolute atomic E-state index is 0.244. The lowest BCUT2D eigenvalue weighted by Gasteiger charge is -2.05. The third-order valence-corrected chi connectivity index (χ3v) is 6.21. The number of unbranched alkanes of at least 4 members (excludes halogenated alkanes) is 14. The van der Waals surface area contributed by atoms with Crippen molar-refractivity contribution in [2.75, 3.05) is 0 Å². The zero-order valence-corrected chi connectivity index (χ0v) is 22.5. The maximum Gasteiger partial charge on any atom is 0.355 e. The van der Waals surface area contributed by atoms with E-state index in [1.807, 2.05) is 0 Å². The summed E-state index contributed by atoms with van der Waals surface area (Å²) in [6, 6.07) is 0. The Morgan fingerprint density at radius 1 is 0.438 bits per heavy atom. The van der Waals surface area contributed by atoms with Gasteiger partial charge in [0.05, 0.1) is 12.8 Å². The maximum atomic E-state index is 11.6. The van der Waals surface area contributed by atoms with E-state index >= 15 is 0 Å². The smallest absolute Gasteiger partial charge is 0.247 e. The number of rotatable bonds is 22. The molecule has 0 saturated carbocycles. The first-order chi connectivity index (χ1) is 15.4. The summed E-state index contributed by atoms with van der Waals surface area (Å²) in [6.45, 7) is 0. The van der Waals surface area contributed by atoms with Crippen LogP contribution in [-0.4, -0.2) is 21.6 Å². The second kappa shape index (κ2) is 24.2. The summed E-state index contributed by atoms with van der Waals surface area (Å²) in [4.78, 5) is 32.0. The molecule has 0 saturated heterocycles. The molecule has 0 heterocycles. The van der Waals surface area contributed by atoms with Gasteiger partial charge in [-0.05, 0) is 25.7 Å². The topological polar surface area (TPSA) is 52.6 Å². The Morgan fingerprint density at radius 3 is 0.969 bits per heavy atom. The summed E-state index contributed by atoms with van der Waals surface area (Å²) in [7, 11) is 0. The summed E-state index contributed by atoms with van der Waals surface area (Å²) in [5.41, 5.74) is 0. The zero-order chi connectivity index (χ0) is 23.9. The van der Waals surface area contributed by atoms with Crippen molar-refractivity contribution in [2.45, 2.75) is 138 Å². The Balaban J connectivity index is 3.33. The third kappa shape index (κ3) is 26.4. The molecule has 0 fully saturated rings. The van der Waals surface area contributed by atoms with Crippen molar-refractivity contribution in [1.29, 1.82) is 0 Å². The van der Waals surface area contributed by atoms with Crippen LogP contribution in [0.2, 0.25) is 0 Å². The van der Waals surface area contributed by atoms with Crippen LogP contribution in [0.15, 0.2) is 0 Å². The van der Waals surface area contributed by atoms with Gasteiger partial charge in [-0.2, -0.15) is 0 Å². The Hall–Kier alpha value is 0.1000. The molecular formula is C24H42Cl4O4. The summed E-state index contributed by atoms with van der Waals surface area (Å²) in [5, 5.41) is 0. The Morgan fingerprint density at radius 2 is 0.688 bits per heavy atom. The molecule has 0 bridgehead atoms. The molecule has 0 aromatic heterocycles. The number of hydrogen-bond acceptors (Lipinski definition) is 4. The molecule has 0 rings (SSSR count). The highest BCUT2D eigenvalue weighted by Gasteiger charge is 2.09. The van der Waals surface area contributed by atoms with E-state index in [9.17, 15) is 9.59 Å². The van der Waals surface area contributed by atoms with E-state index < -0.39 is 11.9 Å². The van der Waals surface area contributed by atoms with Crippen LogP contribution < -0.4 is 0 Å². The van der Waals surface area contributed by atoms with E-state index in [0.29, 0.717) is 0 Å². The van der Waals surface area contributed by atoms with E-state index in [1.54, 1.807) is 0 Å². The third-order valence-electron chi connectivity index (χ3n) is 5.33.